The molecule has 2 N–H and O–H groups in total. The summed E-state index contributed by atoms with van der Waals surface area (Å²) >= 11 is 1.19. The molecule has 0 aliphatic rings. The molecule has 6 nitrogen and oxygen atoms in total. The van der Waals surface area contributed by atoms with Crippen molar-refractivity contribution in [3.63, 3.8) is 0 Å². The second-order valence-corrected chi connectivity index (χ2v) is 7.20. The fourth-order valence-electron chi connectivity index (χ4n) is 2.71. The van der Waals surface area contributed by atoms with Crippen molar-refractivity contribution >= 4 is 28.4 Å². The van der Waals surface area contributed by atoms with Gasteiger partial charge in [0.2, 0.25) is 0 Å². The molecule has 1 atom stereocenters. The monoisotopic (exact) mass is 384 g/mol. The molecule has 3 rings (SSSR count). The standard InChI is InChI=1S/C20H20N2O4S/c1-3-12(2)22-19(26)14-6-4-5-7-15(14)21-20(22)27-11-18(25)13-8-9-16(23)17(24)10-13/h4-10,12,23-24H,3,11H2,1-2H3/t12-/m0/s1. The maximum absolute atomic E-state index is 12.9. The van der Waals surface area contributed by atoms with Gasteiger partial charge >= 0.3 is 0 Å². The van der Waals surface area contributed by atoms with E-state index in [1.165, 1.54) is 30.0 Å². The second-order valence-electron chi connectivity index (χ2n) is 6.26. The van der Waals surface area contributed by atoms with E-state index >= 15 is 0 Å². The van der Waals surface area contributed by atoms with Gasteiger partial charge in [-0.05, 0) is 43.7 Å². The average molecular weight is 384 g/mol. The number of para-hydroxylation sites is 1. The Morgan fingerprint density at radius 3 is 2.63 bits per heavy atom. The third-order valence-electron chi connectivity index (χ3n) is 4.44. The molecule has 0 amide bonds. The zero-order valence-electron chi connectivity index (χ0n) is 15.0. The zero-order valence-corrected chi connectivity index (χ0v) is 15.9. The Bertz CT molecular complexity index is 1060. The molecule has 0 bridgehead atoms. The van der Waals surface area contributed by atoms with E-state index in [1.54, 1.807) is 22.8 Å². The third kappa shape index (κ3) is 3.83. The van der Waals surface area contributed by atoms with Crippen molar-refractivity contribution in [3.8, 4) is 11.5 Å². The SMILES string of the molecule is CC[C@H](C)n1c(SCC(=O)c2ccc(O)c(O)c2)nc2ccccc2c1=O. The van der Waals surface area contributed by atoms with Gasteiger partial charge < -0.3 is 10.2 Å². The Hall–Kier alpha value is -2.80. The van der Waals surface area contributed by atoms with Crippen LogP contribution in [0.1, 0.15) is 36.7 Å². The fourth-order valence-corrected chi connectivity index (χ4v) is 3.70. The number of phenolic OH excluding ortho intramolecular Hbond substituents is 2. The minimum atomic E-state index is -0.341. The number of aromatic nitrogens is 2. The average Bonchev–Trinajstić information content (AvgIpc) is 2.67. The van der Waals surface area contributed by atoms with Gasteiger partial charge in [0, 0.05) is 11.6 Å². The number of carbonyl (C=O) groups excluding carboxylic acids is 1. The largest absolute Gasteiger partial charge is 0.504 e. The van der Waals surface area contributed by atoms with Gasteiger partial charge in [-0.25, -0.2) is 4.98 Å². The highest BCUT2D eigenvalue weighted by Crippen LogP contribution is 2.27. The van der Waals surface area contributed by atoms with E-state index < -0.39 is 0 Å². The highest BCUT2D eigenvalue weighted by atomic mass is 32.2. The van der Waals surface area contributed by atoms with Gasteiger partial charge in [0.05, 0.1) is 16.7 Å². The van der Waals surface area contributed by atoms with Crippen LogP contribution in [-0.2, 0) is 0 Å². The van der Waals surface area contributed by atoms with Crippen LogP contribution < -0.4 is 5.56 Å². The van der Waals surface area contributed by atoms with Crippen molar-refractivity contribution in [3.05, 3.63) is 58.4 Å². The first-order valence-electron chi connectivity index (χ1n) is 8.61. The summed E-state index contributed by atoms with van der Waals surface area (Å²) in [7, 11) is 0. The molecule has 0 aliphatic carbocycles. The highest BCUT2D eigenvalue weighted by molar-refractivity contribution is 7.99. The van der Waals surface area contributed by atoms with Crippen molar-refractivity contribution in [2.24, 2.45) is 0 Å². The van der Waals surface area contributed by atoms with E-state index in [-0.39, 0.29) is 40.2 Å². The predicted molar refractivity (Wildman–Crippen MR) is 106 cm³/mol. The van der Waals surface area contributed by atoms with Gasteiger partial charge in [-0.15, -0.1) is 0 Å². The van der Waals surface area contributed by atoms with Crippen molar-refractivity contribution in [1.29, 1.82) is 0 Å². The number of hydrogen-bond acceptors (Lipinski definition) is 6. The van der Waals surface area contributed by atoms with Crippen LogP contribution in [0.2, 0.25) is 0 Å². The summed E-state index contributed by atoms with van der Waals surface area (Å²) in [5.74, 6) is -0.786. The molecule has 27 heavy (non-hydrogen) atoms. The Balaban J connectivity index is 1.94. The van der Waals surface area contributed by atoms with Crippen molar-refractivity contribution in [2.75, 3.05) is 5.75 Å². The molecule has 3 aromatic rings. The molecule has 7 heteroatoms. The van der Waals surface area contributed by atoms with E-state index in [0.29, 0.717) is 16.1 Å². The summed E-state index contributed by atoms with van der Waals surface area (Å²) in [5.41, 5.74) is 0.766. The van der Waals surface area contributed by atoms with E-state index in [2.05, 4.69) is 4.98 Å². The lowest BCUT2D eigenvalue weighted by atomic mass is 10.1. The summed E-state index contributed by atoms with van der Waals surface area (Å²) < 4.78 is 1.63. The molecule has 2 aromatic carbocycles. The Kier molecular flexibility index (Phi) is 5.51. The van der Waals surface area contributed by atoms with Crippen LogP contribution in [0.25, 0.3) is 10.9 Å². The smallest absolute Gasteiger partial charge is 0.262 e. The lowest BCUT2D eigenvalue weighted by molar-refractivity contribution is 0.102. The fraction of sp³-hybridized carbons (Fsp3) is 0.250. The molecular weight excluding hydrogens is 364 g/mol. The summed E-state index contributed by atoms with van der Waals surface area (Å²) in [6.45, 7) is 3.94. The van der Waals surface area contributed by atoms with Crippen molar-refractivity contribution in [1.82, 2.24) is 9.55 Å². The first-order valence-corrected chi connectivity index (χ1v) is 9.60. The molecule has 0 fully saturated rings. The van der Waals surface area contributed by atoms with Gasteiger partial charge in [0.25, 0.3) is 5.56 Å². The minimum Gasteiger partial charge on any atom is -0.504 e. The Morgan fingerprint density at radius 2 is 1.93 bits per heavy atom. The van der Waals surface area contributed by atoms with Crippen LogP contribution in [0.5, 0.6) is 11.5 Å². The van der Waals surface area contributed by atoms with Gasteiger partial charge in [-0.2, -0.15) is 0 Å². The van der Waals surface area contributed by atoms with Gasteiger partial charge in [-0.1, -0.05) is 30.8 Å². The van der Waals surface area contributed by atoms with Gasteiger partial charge in [0.15, 0.2) is 22.4 Å². The maximum Gasteiger partial charge on any atom is 0.262 e. The second kappa shape index (κ2) is 7.84. The molecular formula is C20H20N2O4S. The molecule has 140 valence electrons. The van der Waals surface area contributed by atoms with E-state index in [9.17, 15) is 19.8 Å². The Labute approximate surface area is 160 Å². The lowest BCUT2D eigenvalue weighted by Gasteiger charge is -2.18. The van der Waals surface area contributed by atoms with E-state index in [1.807, 2.05) is 19.9 Å². The first-order chi connectivity index (χ1) is 12.9. The third-order valence-corrected chi connectivity index (χ3v) is 5.39. The summed E-state index contributed by atoms with van der Waals surface area (Å²) in [6, 6.07) is 11.1. The molecule has 0 radical (unpaired) electrons. The van der Waals surface area contributed by atoms with Crippen LogP contribution in [0.4, 0.5) is 0 Å². The quantitative estimate of drug-likeness (QED) is 0.291. The van der Waals surface area contributed by atoms with Crippen LogP contribution >= 0.6 is 11.8 Å². The first kappa shape index (κ1) is 19.0. The maximum atomic E-state index is 12.9. The number of fused-ring (bicyclic) bond motifs is 1. The topological polar surface area (TPSA) is 92.4 Å². The number of carbonyl (C=O) groups is 1. The molecule has 0 spiro atoms. The molecule has 0 aliphatic heterocycles. The van der Waals surface area contributed by atoms with Crippen molar-refractivity contribution < 1.29 is 15.0 Å². The molecule has 0 saturated heterocycles. The molecule has 0 unspecified atom stereocenters. The van der Waals surface area contributed by atoms with Gasteiger partial charge in [0.1, 0.15) is 0 Å². The highest BCUT2D eigenvalue weighted by Gasteiger charge is 2.17. The summed E-state index contributed by atoms with van der Waals surface area (Å²) in [4.78, 5) is 29.9. The molecule has 0 saturated carbocycles. The van der Waals surface area contributed by atoms with Crippen LogP contribution in [0.3, 0.4) is 0 Å². The lowest BCUT2D eigenvalue weighted by Crippen LogP contribution is -2.26. The van der Waals surface area contributed by atoms with Gasteiger partial charge in [-0.3, -0.25) is 14.2 Å². The number of rotatable bonds is 6. The van der Waals surface area contributed by atoms with E-state index in [4.69, 9.17) is 0 Å². The van der Waals surface area contributed by atoms with E-state index in [0.717, 1.165) is 6.42 Å². The number of thioether (sulfide) groups is 1. The van der Waals surface area contributed by atoms with Crippen LogP contribution in [0, 0.1) is 0 Å². The molecule has 1 aromatic heterocycles. The summed E-state index contributed by atoms with van der Waals surface area (Å²) in [5, 5.41) is 20.0. The predicted octanol–water partition coefficient (Wildman–Crippen LogP) is 3.75. The number of nitrogens with zero attached hydrogens (tertiary/aromatic N) is 2. The van der Waals surface area contributed by atoms with Crippen molar-refractivity contribution in [2.45, 2.75) is 31.5 Å². The number of hydrogen-bond donors (Lipinski definition) is 2. The molecule has 1 heterocycles. The van der Waals surface area contributed by atoms with Crippen LogP contribution in [-0.4, -0.2) is 31.3 Å². The number of benzene rings is 2. The number of ketones is 1. The summed E-state index contributed by atoms with van der Waals surface area (Å²) in [6.07, 6.45) is 0.757. The normalized spacial score (nSPS) is 12.2. The number of phenols is 2. The number of aromatic hydroxyl groups is 2. The zero-order chi connectivity index (χ0) is 19.6. The minimum absolute atomic E-state index is 0.0510. The Morgan fingerprint density at radius 1 is 1.19 bits per heavy atom. The van der Waals surface area contributed by atoms with Crippen LogP contribution in [0.15, 0.2) is 52.4 Å². The number of Topliss-reactive ketones (excluding diaryl/α,β-unsaturated/α-hetero) is 1.